The molecule has 1 rings (SSSR count). The summed E-state index contributed by atoms with van der Waals surface area (Å²) in [4.78, 5) is 5.22. The Morgan fingerprint density at radius 3 is 2.59 bits per heavy atom. The molecular weight excluding hydrogens is 256 g/mol. The fraction of sp³-hybridized carbons (Fsp3) is 0.333. The van der Waals surface area contributed by atoms with Gasteiger partial charge in [-0.2, -0.15) is 0 Å². The highest BCUT2D eigenvalue weighted by Crippen LogP contribution is 2.26. The van der Waals surface area contributed by atoms with Crippen LogP contribution in [0, 0.1) is 6.57 Å². The van der Waals surface area contributed by atoms with Crippen molar-refractivity contribution in [1.82, 2.24) is 4.90 Å². The molecule has 1 aromatic rings. The topological polar surface area (TPSA) is 16.8 Å². The summed E-state index contributed by atoms with van der Waals surface area (Å²) in [6, 6.07) is 4.85. The molecule has 0 fully saturated rings. The van der Waals surface area contributed by atoms with Crippen LogP contribution in [0.3, 0.4) is 0 Å². The number of hydrogen-bond acceptors (Lipinski definition) is 2. The molecule has 0 aliphatic carbocycles. The van der Waals surface area contributed by atoms with Gasteiger partial charge in [0.1, 0.15) is 5.75 Å². The molecule has 0 aliphatic heterocycles. The Kier molecular flexibility index (Phi) is 5.20. The molecule has 0 saturated carbocycles. The average Bonchev–Trinajstić information content (AvgIpc) is 2.29. The van der Waals surface area contributed by atoms with Gasteiger partial charge < -0.3 is 9.64 Å². The minimum atomic E-state index is 0.396. The van der Waals surface area contributed by atoms with Crippen molar-refractivity contribution >= 4 is 34.7 Å². The molecule has 0 aromatic heterocycles. The van der Waals surface area contributed by atoms with Crippen LogP contribution in [-0.4, -0.2) is 23.2 Å². The Morgan fingerprint density at radius 2 is 2.06 bits per heavy atom. The second-order valence-corrected chi connectivity index (χ2v) is 4.08. The first kappa shape index (κ1) is 13.8. The molecule has 3 nitrogen and oxygen atoms in total. The molecule has 0 spiro atoms. The van der Waals surface area contributed by atoms with E-state index in [0.717, 1.165) is 13.1 Å². The first-order valence-electron chi connectivity index (χ1n) is 5.25. The minimum absolute atomic E-state index is 0.396. The number of halogens is 1. The smallest absolute Gasteiger partial charge is 0.264 e. The maximum absolute atomic E-state index is 6.94. The summed E-state index contributed by atoms with van der Waals surface area (Å²) < 4.78 is 5.51. The van der Waals surface area contributed by atoms with Gasteiger partial charge in [0.2, 0.25) is 0 Å². The van der Waals surface area contributed by atoms with Crippen molar-refractivity contribution in [2.75, 3.05) is 13.1 Å². The van der Waals surface area contributed by atoms with E-state index in [4.69, 9.17) is 35.1 Å². The molecule has 1 aromatic carbocycles. The molecular formula is C12H13ClN2OS. The highest BCUT2D eigenvalue weighted by molar-refractivity contribution is 7.80. The van der Waals surface area contributed by atoms with Crippen LogP contribution in [0.5, 0.6) is 5.75 Å². The van der Waals surface area contributed by atoms with Gasteiger partial charge in [0.15, 0.2) is 5.69 Å². The molecule has 5 heteroatoms. The minimum Gasteiger partial charge on any atom is -0.433 e. The van der Waals surface area contributed by atoms with E-state index in [1.54, 1.807) is 18.2 Å². The predicted molar refractivity (Wildman–Crippen MR) is 73.9 cm³/mol. The van der Waals surface area contributed by atoms with Crippen LogP contribution in [0.25, 0.3) is 4.85 Å². The molecule has 0 saturated heterocycles. The zero-order valence-corrected chi connectivity index (χ0v) is 11.3. The summed E-state index contributed by atoms with van der Waals surface area (Å²) in [5.41, 5.74) is 0.440. The van der Waals surface area contributed by atoms with Crippen LogP contribution in [0.1, 0.15) is 13.8 Å². The number of benzene rings is 1. The third-order valence-electron chi connectivity index (χ3n) is 2.21. The molecule has 0 bridgehead atoms. The summed E-state index contributed by atoms with van der Waals surface area (Å²) in [6.07, 6.45) is 0. The van der Waals surface area contributed by atoms with E-state index in [1.165, 1.54) is 0 Å². The average molecular weight is 269 g/mol. The zero-order valence-electron chi connectivity index (χ0n) is 9.74. The number of ether oxygens (including phenoxy) is 1. The Labute approximate surface area is 112 Å². The number of thiocarbonyl (C=S) groups is 1. The van der Waals surface area contributed by atoms with Gasteiger partial charge >= 0.3 is 0 Å². The van der Waals surface area contributed by atoms with Crippen LogP contribution in [0.15, 0.2) is 18.2 Å². The summed E-state index contributed by atoms with van der Waals surface area (Å²) in [5.74, 6) is 0.500. The van der Waals surface area contributed by atoms with Gasteiger partial charge in [-0.15, -0.1) is 0 Å². The molecule has 0 aliphatic rings. The van der Waals surface area contributed by atoms with E-state index in [2.05, 4.69) is 4.85 Å². The largest absolute Gasteiger partial charge is 0.433 e. The van der Waals surface area contributed by atoms with Gasteiger partial charge in [-0.3, -0.25) is 0 Å². The normalized spacial score (nSPS) is 9.53. The summed E-state index contributed by atoms with van der Waals surface area (Å²) >= 11 is 11.0. The fourth-order valence-electron chi connectivity index (χ4n) is 1.32. The maximum Gasteiger partial charge on any atom is 0.264 e. The van der Waals surface area contributed by atoms with Gasteiger partial charge in [-0.25, -0.2) is 4.85 Å². The number of nitrogens with zero attached hydrogens (tertiary/aromatic N) is 2. The van der Waals surface area contributed by atoms with E-state index in [-0.39, 0.29) is 0 Å². The van der Waals surface area contributed by atoms with Crippen molar-refractivity contribution in [3.63, 3.8) is 0 Å². The van der Waals surface area contributed by atoms with Gasteiger partial charge in [0, 0.05) is 18.1 Å². The molecule has 0 atom stereocenters. The second kappa shape index (κ2) is 6.43. The van der Waals surface area contributed by atoms with Gasteiger partial charge in [0.05, 0.1) is 6.57 Å². The van der Waals surface area contributed by atoms with E-state index in [0.29, 0.717) is 21.6 Å². The zero-order chi connectivity index (χ0) is 12.8. The lowest BCUT2D eigenvalue weighted by atomic mass is 10.3. The van der Waals surface area contributed by atoms with Crippen LogP contribution in [-0.2, 0) is 0 Å². The molecule has 0 N–H and O–H groups in total. The van der Waals surface area contributed by atoms with E-state index < -0.39 is 0 Å². The first-order chi connectivity index (χ1) is 8.10. The third kappa shape index (κ3) is 3.88. The third-order valence-corrected chi connectivity index (χ3v) is 2.77. The summed E-state index contributed by atoms with van der Waals surface area (Å²) in [6.45, 7) is 12.5. The Hall–Kier alpha value is -1.31. The Morgan fingerprint density at radius 1 is 1.41 bits per heavy atom. The highest BCUT2D eigenvalue weighted by Gasteiger charge is 2.08. The molecule has 0 radical (unpaired) electrons. The van der Waals surface area contributed by atoms with E-state index >= 15 is 0 Å². The quantitative estimate of drug-likeness (QED) is 0.611. The van der Waals surface area contributed by atoms with Crippen LogP contribution < -0.4 is 4.74 Å². The van der Waals surface area contributed by atoms with E-state index in [9.17, 15) is 0 Å². The monoisotopic (exact) mass is 268 g/mol. The molecule has 90 valence electrons. The molecule has 17 heavy (non-hydrogen) atoms. The van der Waals surface area contributed by atoms with Crippen LogP contribution in [0.2, 0.25) is 5.02 Å². The lowest BCUT2D eigenvalue weighted by molar-refractivity contribution is 0.379. The molecule has 0 amide bonds. The summed E-state index contributed by atoms with van der Waals surface area (Å²) in [7, 11) is 0. The van der Waals surface area contributed by atoms with Crippen molar-refractivity contribution in [3.8, 4) is 5.75 Å². The van der Waals surface area contributed by atoms with Crippen molar-refractivity contribution in [3.05, 3.63) is 34.6 Å². The fourth-order valence-corrected chi connectivity index (χ4v) is 1.89. The number of rotatable bonds is 3. The van der Waals surface area contributed by atoms with Crippen LogP contribution in [0.4, 0.5) is 5.69 Å². The summed E-state index contributed by atoms with van der Waals surface area (Å²) in [5, 5.41) is 0.865. The first-order valence-corrected chi connectivity index (χ1v) is 6.04. The second-order valence-electron chi connectivity index (χ2n) is 3.30. The van der Waals surface area contributed by atoms with Crippen molar-refractivity contribution < 1.29 is 4.74 Å². The van der Waals surface area contributed by atoms with Gasteiger partial charge in [-0.05, 0) is 44.3 Å². The van der Waals surface area contributed by atoms with Crippen molar-refractivity contribution in [2.24, 2.45) is 0 Å². The van der Waals surface area contributed by atoms with Crippen LogP contribution >= 0.6 is 23.8 Å². The number of hydrogen-bond donors (Lipinski definition) is 0. The maximum atomic E-state index is 6.94. The van der Waals surface area contributed by atoms with Crippen molar-refractivity contribution in [1.29, 1.82) is 0 Å². The predicted octanol–water partition coefficient (Wildman–Crippen LogP) is 3.90. The van der Waals surface area contributed by atoms with Gasteiger partial charge in [0.25, 0.3) is 5.17 Å². The van der Waals surface area contributed by atoms with Gasteiger partial charge in [-0.1, -0.05) is 11.6 Å². The molecule has 0 unspecified atom stereocenters. The van der Waals surface area contributed by atoms with Crippen molar-refractivity contribution in [2.45, 2.75) is 13.8 Å². The highest BCUT2D eigenvalue weighted by atomic mass is 35.5. The lowest BCUT2D eigenvalue weighted by Crippen LogP contribution is -2.32. The Balaban J connectivity index is 2.85. The molecule has 0 heterocycles. The Bertz CT molecular complexity index is 452. The standard InChI is InChI=1S/C12H13ClN2OS/c1-4-15(5-2)12(17)16-11-7-9(13)6-10(8-11)14-3/h6-8H,4-5H2,1-2H3. The van der Waals surface area contributed by atoms with E-state index in [1.807, 2.05) is 18.7 Å². The lowest BCUT2D eigenvalue weighted by Gasteiger charge is -2.21. The SMILES string of the molecule is [C-]#[N+]c1cc(Cl)cc(OC(=S)N(CC)CC)c1.